The quantitative estimate of drug-likeness (QED) is 0.641. The second-order valence-electron chi connectivity index (χ2n) is 2.86. The zero-order chi connectivity index (χ0) is 9.14. The van der Waals surface area contributed by atoms with Crippen molar-refractivity contribution in [3.8, 4) is 5.75 Å². The molecule has 0 heterocycles. The van der Waals surface area contributed by atoms with Crippen LogP contribution in [0.1, 0.15) is 23.4 Å². The summed E-state index contributed by atoms with van der Waals surface area (Å²) in [5.41, 5.74) is 2.26. The number of aryl methyl sites for hydroxylation is 1. The molecule has 0 aliphatic rings. The van der Waals surface area contributed by atoms with Gasteiger partial charge in [0.25, 0.3) is 0 Å². The Balaban J connectivity index is 3.12. The summed E-state index contributed by atoms with van der Waals surface area (Å²) in [6.07, 6.45) is 0. The molecule has 1 aromatic carbocycles. The molecule has 0 fully saturated rings. The van der Waals surface area contributed by atoms with E-state index in [0.717, 1.165) is 11.3 Å². The van der Waals surface area contributed by atoms with Gasteiger partial charge in [0.2, 0.25) is 0 Å². The van der Waals surface area contributed by atoms with E-state index in [4.69, 9.17) is 16.3 Å². The minimum Gasteiger partial charge on any atom is -0.496 e. The van der Waals surface area contributed by atoms with E-state index in [0.29, 0.717) is 0 Å². The van der Waals surface area contributed by atoms with Gasteiger partial charge in [-0.15, -0.1) is 11.6 Å². The smallest absolute Gasteiger partial charge is 0.123 e. The highest BCUT2D eigenvalue weighted by atomic mass is 35.5. The normalized spacial score (nSPS) is 12.7. The van der Waals surface area contributed by atoms with Crippen LogP contribution in [0.3, 0.4) is 0 Å². The molecule has 0 spiro atoms. The van der Waals surface area contributed by atoms with Gasteiger partial charge in [-0.1, -0.05) is 17.7 Å². The number of benzene rings is 1. The molecule has 1 unspecified atom stereocenters. The van der Waals surface area contributed by atoms with Gasteiger partial charge in [0.05, 0.1) is 12.5 Å². The van der Waals surface area contributed by atoms with Crippen molar-refractivity contribution in [3.63, 3.8) is 0 Å². The minimum absolute atomic E-state index is 0.000139. The summed E-state index contributed by atoms with van der Waals surface area (Å²) < 4.78 is 5.18. The van der Waals surface area contributed by atoms with E-state index in [1.54, 1.807) is 7.11 Å². The van der Waals surface area contributed by atoms with Gasteiger partial charge in [-0.05, 0) is 19.9 Å². The Hall–Kier alpha value is -0.690. The maximum absolute atomic E-state index is 5.98. The van der Waals surface area contributed by atoms with E-state index in [1.807, 2.05) is 26.0 Å². The van der Waals surface area contributed by atoms with E-state index >= 15 is 0 Å². The third-order valence-corrected chi connectivity index (χ3v) is 2.05. The number of hydrogen-bond donors (Lipinski definition) is 0. The maximum atomic E-state index is 5.98. The predicted octanol–water partition coefficient (Wildman–Crippen LogP) is 3.30. The van der Waals surface area contributed by atoms with E-state index in [2.05, 4.69) is 6.07 Å². The maximum Gasteiger partial charge on any atom is 0.123 e. The van der Waals surface area contributed by atoms with Crippen LogP contribution in [0.25, 0.3) is 0 Å². The van der Waals surface area contributed by atoms with Crippen molar-refractivity contribution in [3.05, 3.63) is 29.3 Å². The fraction of sp³-hybridized carbons (Fsp3) is 0.400. The number of rotatable bonds is 2. The standard InChI is InChI=1S/C10H13ClO/c1-7-4-5-10(12-3)9(6-7)8(2)11/h4-6,8H,1-3H3. The Morgan fingerprint density at radius 3 is 2.58 bits per heavy atom. The number of halogens is 1. The molecule has 0 saturated heterocycles. The van der Waals surface area contributed by atoms with Gasteiger partial charge in [0.15, 0.2) is 0 Å². The van der Waals surface area contributed by atoms with E-state index < -0.39 is 0 Å². The Kier molecular flexibility index (Phi) is 2.99. The van der Waals surface area contributed by atoms with Crippen molar-refractivity contribution in [2.24, 2.45) is 0 Å². The Morgan fingerprint density at radius 2 is 2.08 bits per heavy atom. The average Bonchev–Trinajstić information content (AvgIpc) is 2.04. The topological polar surface area (TPSA) is 9.23 Å². The van der Waals surface area contributed by atoms with Crippen LogP contribution in [0, 0.1) is 6.92 Å². The lowest BCUT2D eigenvalue weighted by atomic mass is 10.1. The zero-order valence-corrected chi connectivity index (χ0v) is 8.35. The van der Waals surface area contributed by atoms with Crippen molar-refractivity contribution in [1.82, 2.24) is 0 Å². The third kappa shape index (κ3) is 1.92. The molecule has 0 aliphatic heterocycles. The lowest BCUT2D eigenvalue weighted by Gasteiger charge is -2.10. The summed E-state index contributed by atoms with van der Waals surface area (Å²) in [6.45, 7) is 3.99. The number of alkyl halides is 1. The second kappa shape index (κ2) is 3.81. The van der Waals surface area contributed by atoms with Crippen molar-refractivity contribution in [2.75, 3.05) is 7.11 Å². The van der Waals surface area contributed by atoms with Gasteiger partial charge >= 0.3 is 0 Å². The second-order valence-corrected chi connectivity index (χ2v) is 3.52. The molecule has 2 heteroatoms. The summed E-state index contributed by atoms with van der Waals surface area (Å²) in [5, 5.41) is -0.000139. The highest BCUT2D eigenvalue weighted by molar-refractivity contribution is 6.20. The minimum atomic E-state index is -0.000139. The van der Waals surface area contributed by atoms with Crippen LogP contribution in [-0.2, 0) is 0 Å². The molecule has 0 N–H and O–H groups in total. The first-order chi connectivity index (χ1) is 5.65. The first-order valence-corrected chi connectivity index (χ1v) is 4.37. The van der Waals surface area contributed by atoms with Gasteiger partial charge in [0.1, 0.15) is 5.75 Å². The molecule has 1 nitrogen and oxygen atoms in total. The predicted molar refractivity (Wildman–Crippen MR) is 52.0 cm³/mol. The molecule has 12 heavy (non-hydrogen) atoms. The van der Waals surface area contributed by atoms with Crippen LogP contribution >= 0.6 is 11.6 Å². The van der Waals surface area contributed by atoms with Crippen molar-refractivity contribution < 1.29 is 4.74 Å². The monoisotopic (exact) mass is 184 g/mol. The summed E-state index contributed by atoms with van der Waals surface area (Å²) >= 11 is 5.98. The van der Waals surface area contributed by atoms with Gasteiger partial charge in [0, 0.05) is 5.56 Å². The molecule has 0 aliphatic carbocycles. The first kappa shape index (κ1) is 9.40. The highest BCUT2D eigenvalue weighted by Gasteiger charge is 2.07. The van der Waals surface area contributed by atoms with E-state index in [9.17, 15) is 0 Å². The van der Waals surface area contributed by atoms with Crippen LogP contribution in [0.4, 0.5) is 0 Å². The molecule has 0 bridgehead atoms. The molecule has 0 amide bonds. The molecule has 1 aromatic rings. The van der Waals surface area contributed by atoms with Gasteiger partial charge < -0.3 is 4.74 Å². The summed E-state index contributed by atoms with van der Waals surface area (Å²) in [6, 6.07) is 6.02. The van der Waals surface area contributed by atoms with Crippen LogP contribution < -0.4 is 4.74 Å². The van der Waals surface area contributed by atoms with E-state index in [-0.39, 0.29) is 5.38 Å². The molecule has 0 radical (unpaired) electrons. The Bertz CT molecular complexity index is 269. The third-order valence-electron chi connectivity index (χ3n) is 1.81. The SMILES string of the molecule is COc1ccc(C)cc1C(C)Cl. The highest BCUT2D eigenvalue weighted by Crippen LogP contribution is 2.29. The summed E-state index contributed by atoms with van der Waals surface area (Å²) in [7, 11) is 1.66. The number of ether oxygens (including phenoxy) is 1. The largest absolute Gasteiger partial charge is 0.496 e. The van der Waals surface area contributed by atoms with Crippen LogP contribution in [0.2, 0.25) is 0 Å². The lowest BCUT2D eigenvalue weighted by Crippen LogP contribution is -1.92. The van der Waals surface area contributed by atoms with Crippen molar-refractivity contribution in [2.45, 2.75) is 19.2 Å². The molecular formula is C10H13ClO. The molecule has 1 rings (SSSR count). The Labute approximate surface area is 78.3 Å². The summed E-state index contributed by atoms with van der Waals surface area (Å²) in [5.74, 6) is 0.864. The first-order valence-electron chi connectivity index (χ1n) is 3.93. The molecule has 1 atom stereocenters. The lowest BCUT2D eigenvalue weighted by molar-refractivity contribution is 0.409. The fourth-order valence-corrected chi connectivity index (χ4v) is 1.34. The molecule has 66 valence electrons. The number of hydrogen-bond acceptors (Lipinski definition) is 1. The molecule has 0 aromatic heterocycles. The van der Waals surface area contributed by atoms with Gasteiger partial charge in [-0.3, -0.25) is 0 Å². The van der Waals surface area contributed by atoms with Gasteiger partial charge in [-0.25, -0.2) is 0 Å². The molecule has 0 saturated carbocycles. The number of methoxy groups -OCH3 is 1. The van der Waals surface area contributed by atoms with Crippen LogP contribution in [-0.4, -0.2) is 7.11 Å². The van der Waals surface area contributed by atoms with E-state index in [1.165, 1.54) is 5.56 Å². The molecular weight excluding hydrogens is 172 g/mol. The van der Waals surface area contributed by atoms with Crippen molar-refractivity contribution in [1.29, 1.82) is 0 Å². The summed E-state index contributed by atoms with van der Waals surface area (Å²) in [4.78, 5) is 0. The fourth-order valence-electron chi connectivity index (χ4n) is 1.16. The Morgan fingerprint density at radius 1 is 1.42 bits per heavy atom. The van der Waals surface area contributed by atoms with Crippen LogP contribution in [0.5, 0.6) is 5.75 Å². The van der Waals surface area contributed by atoms with Gasteiger partial charge in [-0.2, -0.15) is 0 Å². The van der Waals surface area contributed by atoms with Crippen LogP contribution in [0.15, 0.2) is 18.2 Å². The average molecular weight is 185 g/mol. The zero-order valence-electron chi connectivity index (χ0n) is 7.60. The van der Waals surface area contributed by atoms with Crippen molar-refractivity contribution >= 4 is 11.6 Å².